The van der Waals surface area contributed by atoms with Crippen molar-refractivity contribution >= 4 is 51.9 Å². The molecular formula is C25H25Cl2N5O4. The van der Waals surface area contributed by atoms with E-state index in [1.54, 1.807) is 17.2 Å². The number of likely N-dealkylation sites (tertiary alicyclic amines) is 1. The maximum Gasteiger partial charge on any atom is 0.243 e. The Bertz CT molecular complexity index is 1320. The van der Waals surface area contributed by atoms with Crippen LogP contribution in [0, 0.1) is 0 Å². The Balaban J connectivity index is 1.64. The molecule has 1 aliphatic heterocycles. The van der Waals surface area contributed by atoms with E-state index in [1.807, 2.05) is 18.2 Å². The van der Waals surface area contributed by atoms with Crippen LogP contribution in [0.2, 0.25) is 10.0 Å². The van der Waals surface area contributed by atoms with Gasteiger partial charge in [-0.05, 0) is 23.8 Å². The van der Waals surface area contributed by atoms with Crippen LogP contribution in [0.15, 0.2) is 43.1 Å². The van der Waals surface area contributed by atoms with Crippen molar-refractivity contribution in [1.82, 2.24) is 20.2 Å². The van der Waals surface area contributed by atoms with Crippen molar-refractivity contribution in [3.05, 3.63) is 53.2 Å². The normalized spacial score (nSPS) is 17.1. The van der Waals surface area contributed by atoms with E-state index in [0.717, 1.165) is 10.9 Å². The van der Waals surface area contributed by atoms with E-state index in [0.29, 0.717) is 51.7 Å². The van der Waals surface area contributed by atoms with E-state index >= 15 is 0 Å². The zero-order chi connectivity index (χ0) is 26.0. The molecule has 11 heteroatoms. The standard InChI is InChI=1S/C25H25Cl2N5O4/c1-5-21(34)29-17-11-32(13(2)33)12-18(17)31-25-28-10-15-8-14(6-7-16(15)30-25)22-23(26)19(35-3)9-20(36-4)24(22)27/h5-10,17-18H,1,11-12H2,2-4H3,(H,29,34)(H,28,30,31). The highest BCUT2D eigenvalue weighted by Crippen LogP contribution is 2.46. The summed E-state index contributed by atoms with van der Waals surface area (Å²) in [6, 6.07) is 6.63. The highest BCUT2D eigenvalue weighted by molar-refractivity contribution is 6.41. The topological polar surface area (TPSA) is 106 Å². The molecule has 3 aromatic rings. The highest BCUT2D eigenvalue weighted by atomic mass is 35.5. The maximum atomic E-state index is 11.9. The van der Waals surface area contributed by atoms with Gasteiger partial charge in [0.15, 0.2) is 0 Å². The molecule has 0 aliphatic carbocycles. The Labute approximate surface area is 218 Å². The largest absolute Gasteiger partial charge is 0.495 e. The summed E-state index contributed by atoms with van der Waals surface area (Å²) >= 11 is 13.1. The van der Waals surface area contributed by atoms with Gasteiger partial charge >= 0.3 is 0 Å². The number of hydrogen-bond acceptors (Lipinski definition) is 7. The molecule has 36 heavy (non-hydrogen) atoms. The first kappa shape index (κ1) is 25.5. The molecule has 1 aromatic heterocycles. The van der Waals surface area contributed by atoms with Gasteiger partial charge in [0.25, 0.3) is 0 Å². The third-order valence-corrected chi connectivity index (χ3v) is 6.79. The monoisotopic (exact) mass is 529 g/mol. The Hall–Kier alpha value is -3.56. The summed E-state index contributed by atoms with van der Waals surface area (Å²) in [6.45, 7) is 5.78. The number of amides is 2. The van der Waals surface area contributed by atoms with Crippen LogP contribution in [0.4, 0.5) is 5.95 Å². The quantitative estimate of drug-likeness (QED) is 0.446. The van der Waals surface area contributed by atoms with E-state index in [4.69, 9.17) is 32.7 Å². The number of ether oxygens (including phenoxy) is 2. The number of halogens is 2. The Morgan fingerprint density at radius 3 is 2.39 bits per heavy atom. The first-order valence-corrected chi connectivity index (χ1v) is 11.8. The van der Waals surface area contributed by atoms with Crippen molar-refractivity contribution in [2.45, 2.75) is 19.0 Å². The molecule has 0 bridgehead atoms. The average Bonchev–Trinajstić information content (AvgIpc) is 3.26. The average molecular weight is 530 g/mol. The lowest BCUT2D eigenvalue weighted by Crippen LogP contribution is -2.45. The number of nitrogens with one attached hydrogen (secondary N) is 2. The summed E-state index contributed by atoms with van der Waals surface area (Å²) in [5, 5.41) is 7.61. The molecule has 2 atom stereocenters. The molecule has 1 saturated heterocycles. The number of carbonyl (C=O) groups is 2. The lowest BCUT2D eigenvalue weighted by atomic mass is 10.0. The molecule has 2 N–H and O–H groups in total. The van der Waals surface area contributed by atoms with Crippen molar-refractivity contribution < 1.29 is 19.1 Å². The van der Waals surface area contributed by atoms with E-state index in [9.17, 15) is 9.59 Å². The van der Waals surface area contributed by atoms with Crippen LogP contribution >= 0.6 is 23.2 Å². The predicted octanol–water partition coefficient (Wildman–Crippen LogP) is 3.93. The molecule has 1 aliphatic rings. The van der Waals surface area contributed by atoms with Gasteiger partial charge in [-0.1, -0.05) is 35.8 Å². The minimum Gasteiger partial charge on any atom is -0.495 e. The van der Waals surface area contributed by atoms with E-state index in [1.165, 1.54) is 27.2 Å². The van der Waals surface area contributed by atoms with Gasteiger partial charge in [0.1, 0.15) is 11.5 Å². The van der Waals surface area contributed by atoms with Gasteiger partial charge in [-0.15, -0.1) is 0 Å². The van der Waals surface area contributed by atoms with Gasteiger partial charge < -0.3 is 25.0 Å². The van der Waals surface area contributed by atoms with Gasteiger partial charge in [-0.3, -0.25) is 9.59 Å². The Kier molecular flexibility index (Phi) is 7.51. The zero-order valence-corrected chi connectivity index (χ0v) is 21.5. The number of rotatable bonds is 7. The molecule has 2 amide bonds. The number of aromatic nitrogens is 2. The van der Waals surface area contributed by atoms with Crippen LogP contribution in [0.5, 0.6) is 11.5 Å². The number of nitrogens with zero attached hydrogens (tertiary/aromatic N) is 3. The van der Waals surface area contributed by atoms with Gasteiger partial charge in [-0.25, -0.2) is 9.97 Å². The fraction of sp³-hybridized carbons (Fsp3) is 0.280. The van der Waals surface area contributed by atoms with Gasteiger partial charge in [0.2, 0.25) is 17.8 Å². The van der Waals surface area contributed by atoms with Crippen molar-refractivity contribution in [3.63, 3.8) is 0 Å². The van der Waals surface area contributed by atoms with Crippen LogP contribution in [0.3, 0.4) is 0 Å². The summed E-state index contributed by atoms with van der Waals surface area (Å²) in [7, 11) is 3.04. The summed E-state index contributed by atoms with van der Waals surface area (Å²) < 4.78 is 10.7. The maximum absolute atomic E-state index is 11.9. The van der Waals surface area contributed by atoms with Crippen LogP contribution in [-0.4, -0.2) is 66.1 Å². The number of benzene rings is 2. The zero-order valence-electron chi connectivity index (χ0n) is 20.0. The summed E-state index contributed by atoms with van der Waals surface area (Å²) in [6.07, 6.45) is 2.89. The second-order valence-corrected chi connectivity index (χ2v) is 9.00. The fourth-order valence-electron chi connectivity index (χ4n) is 4.16. The second-order valence-electron chi connectivity index (χ2n) is 8.25. The molecule has 0 radical (unpaired) electrons. The molecule has 0 saturated carbocycles. The van der Waals surface area contributed by atoms with Crippen molar-refractivity contribution in [2.24, 2.45) is 0 Å². The number of anilines is 1. The first-order chi connectivity index (χ1) is 17.2. The lowest BCUT2D eigenvalue weighted by Gasteiger charge is -2.20. The van der Waals surface area contributed by atoms with Crippen LogP contribution in [0.1, 0.15) is 6.92 Å². The van der Waals surface area contributed by atoms with Crippen LogP contribution in [0.25, 0.3) is 22.0 Å². The molecule has 0 spiro atoms. The smallest absolute Gasteiger partial charge is 0.243 e. The molecule has 9 nitrogen and oxygen atoms in total. The Morgan fingerprint density at radius 2 is 1.78 bits per heavy atom. The summed E-state index contributed by atoms with van der Waals surface area (Å²) in [5.41, 5.74) is 2.01. The van der Waals surface area contributed by atoms with Crippen molar-refractivity contribution in [3.8, 4) is 22.6 Å². The molecule has 2 heterocycles. The number of hydrogen-bond donors (Lipinski definition) is 2. The minimum atomic E-state index is -0.312. The molecule has 1 fully saturated rings. The van der Waals surface area contributed by atoms with E-state index < -0.39 is 0 Å². The number of methoxy groups -OCH3 is 2. The van der Waals surface area contributed by atoms with E-state index in [-0.39, 0.29) is 23.9 Å². The first-order valence-electron chi connectivity index (χ1n) is 11.1. The van der Waals surface area contributed by atoms with Gasteiger partial charge in [-0.2, -0.15) is 0 Å². The van der Waals surface area contributed by atoms with Gasteiger partial charge in [0.05, 0.1) is 41.9 Å². The Morgan fingerprint density at radius 1 is 1.11 bits per heavy atom. The van der Waals surface area contributed by atoms with Crippen LogP contribution < -0.4 is 20.1 Å². The van der Waals surface area contributed by atoms with E-state index in [2.05, 4.69) is 27.2 Å². The molecule has 2 aromatic carbocycles. The minimum absolute atomic E-state index is 0.0735. The summed E-state index contributed by atoms with van der Waals surface area (Å²) in [4.78, 5) is 34.5. The lowest BCUT2D eigenvalue weighted by molar-refractivity contribution is -0.128. The highest BCUT2D eigenvalue weighted by Gasteiger charge is 2.35. The molecule has 188 valence electrons. The molecule has 4 rings (SSSR count). The third-order valence-electron chi connectivity index (χ3n) is 6.03. The van der Waals surface area contributed by atoms with Crippen LogP contribution in [-0.2, 0) is 9.59 Å². The third kappa shape index (κ3) is 5.03. The molecule has 2 unspecified atom stereocenters. The van der Waals surface area contributed by atoms with Crippen molar-refractivity contribution in [1.29, 1.82) is 0 Å². The predicted molar refractivity (Wildman–Crippen MR) is 140 cm³/mol. The number of fused-ring (bicyclic) bond motifs is 1. The summed E-state index contributed by atoms with van der Waals surface area (Å²) in [5.74, 6) is 0.880. The fourth-order valence-corrected chi connectivity index (χ4v) is 4.88. The second kappa shape index (κ2) is 10.6. The van der Waals surface area contributed by atoms with Gasteiger partial charge in [0, 0.05) is 43.2 Å². The SMILES string of the molecule is C=CC(=O)NC1CN(C(C)=O)CC1Nc1ncc2cc(-c3c(Cl)c(OC)cc(OC)c3Cl)ccc2n1. The van der Waals surface area contributed by atoms with Crippen molar-refractivity contribution in [2.75, 3.05) is 32.6 Å². The molecular weight excluding hydrogens is 505 g/mol. The number of carbonyl (C=O) groups excluding carboxylic acids is 2.